The van der Waals surface area contributed by atoms with Gasteiger partial charge in [0, 0.05) is 6.54 Å². The number of rotatable bonds is 5. The van der Waals surface area contributed by atoms with E-state index in [1.165, 1.54) is 0 Å². The van der Waals surface area contributed by atoms with Gasteiger partial charge in [0.05, 0.1) is 4.90 Å². The molecule has 1 aromatic carbocycles. The highest BCUT2D eigenvalue weighted by Gasteiger charge is 2.13. The Bertz CT molecular complexity index is 452. The van der Waals surface area contributed by atoms with Gasteiger partial charge in [0.15, 0.2) is 0 Å². The number of nitrogens with one attached hydrogen (secondary N) is 1. The highest BCUT2D eigenvalue weighted by molar-refractivity contribution is 7.89. The first-order valence-electron chi connectivity index (χ1n) is 5.59. The molecule has 3 nitrogen and oxygen atoms in total. The highest BCUT2D eigenvalue weighted by Crippen LogP contribution is 2.15. The van der Waals surface area contributed by atoms with Crippen LogP contribution in [0, 0.1) is 6.92 Å². The van der Waals surface area contributed by atoms with E-state index >= 15 is 0 Å². The molecule has 0 aliphatic rings. The summed E-state index contributed by atoms with van der Waals surface area (Å²) in [6.45, 7) is 6.20. The smallest absolute Gasteiger partial charge is 0.211 e. The molecule has 0 aromatic heterocycles. The van der Waals surface area contributed by atoms with Crippen molar-refractivity contribution in [1.29, 1.82) is 0 Å². The third-order valence-corrected chi connectivity index (χ3v) is 3.82. The monoisotopic (exact) mass is 241 g/mol. The van der Waals surface area contributed by atoms with Crippen LogP contribution in [0.1, 0.15) is 31.4 Å². The van der Waals surface area contributed by atoms with Crippen molar-refractivity contribution in [2.75, 3.05) is 6.54 Å². The van der Waals surface area contributed by atoms with Crippen LogP contribution in [0.15, 0.2) is 23.1 Å². The molecule has 4 heteroatoms. The minimum absolute atomic E-state index is 0.373. The van der Waals surface area contributed by atoms with Crippen molar-refractivity contribution in [2.45, 2.75) is 38.5 Å². The fourth-order valence-electron chi connectivity index (χ4n) is 1.69. The summed E-state index contributed by atoms with van der Waals surface area (Å²) in [5.41, 5.74) is 2.07. The summed E-state index contributed by atoms with van der Waals surface area (Å²) in [5.74, 6) is 0. The van der Waals surface area contributed by atoms with E-state index < -0.39 is 10.0 Å². The van der Waals surface area contributed by atoms with Gasteiger partial charge in [0.1, 0.15) is 0 Å². The lowest BCUT2D eigenvalue weighted by atomic mass is 10.1. The van der Waals surface area contributed by atoms with Crippen molar-refractivity contribution in [3.63, 3.8) is 0 Å². The Morgan fingerprint density at radius 2 is 1.88 bits per heavy atom. The number of hydrogen-bond donors (Lipinski definition) is 1. The Kier molecular flexibility index (Phi) is 4.50. The SMILES string of the molecule is CCCc1cc(C)cc(S(=O)(=O)NCC)c1. The number of sulfonamides is 1. The molecule has 0 heterocycles. The van der Waals surface area contributed by atoms with Crippen molar-refractivity contribution >= 4 is 10.0 Å². The summed E-state index contributed by atoms with van der Waals surface area (Å²) >= 11 is 0. The van der Waals surface area contributed by atoms with Crippen LogP contribution in [-0.2, 0) is 16.4 Å². The molecule has 0 aliphatic carbocycles. The van der Waals surface area contributed by atoms with Gasteiger partial charge in [-0.3, -0.25) is 0 Å². The van der Waals surface area contributed by atoms with Crippen molar-refractivity contribution < 1.29 is 8.42 Å². The van der Waals surface area contributed by atoms with E-state index in [9.17, 15) is 8.42 Å². The maximum atomic E-state index is 11.8. The highest BCUT2D eigenvalue weighted by atomic mass is 32.2. The molecule has 0 amide bonds. The minimum atomic E-state index is -3.32. The summed E-state index contributed by atoms with van der Waals surface area (Å²) in [7, 11) is -3.32. The second-order valence-electron chi connectivity index (χ2n) is 3.91. The zero-order chi connectivity index (χ0) is 12.2. The van der Waals surface area contributed by atoms with Gasteiger partial charge in [-0.2, -0.15) is 0 Å². The van der Waals surface area contributed by atoms with Crippen LogP contribution in [0.5, 0.6) is 0 Å². The van der Waals surface area contributed by atoms with Crippen molar-refractivity contribution in [3.8, 4) is 0 Å². The quantitative estimate of drug-likeness (QED) is 0.859. The van der Waals surface area contributed by atoms with Crippen molar-refractivity contribution in [3.05, 3.63) is 29.3 Å². The van der Waals surface area contributed by atoms with Gasteiger partial charge >= 0.3 is 0 Å². The predicted molar refractivity (Wildman–Crippen MR) is 66.0 cm³/mol. The molecule has 0 saturated carbocycles. The van der Waals surface area contributed by atoms with Gasteiger partial charge in [0.2, 0.25) is 10.0 Å². The molecular weight excluding hydrogens is 222 g/mol. The number of hydrogen-bond acceptors (Lipinski definition) is 2. The van der Waals surface area contributed by atoms with E-state index in [0.717, 1.165) is 24.0 Å². The summed E-state index contributed by atoms with van der Waals surface area (Å²) in [5, 5.41) is 0. The summed E-state index contributed by atoms with van der Waals surface area (Å²) < 4.78 is 26.2. The number of benzene rings is 1. The van der Waals surface area contributed by atoms with Gasteiger partial charge in [-0.15, -0.1) is 0 Å². The van der Waals surface area contributed by atoms with Crippen LogP contribution in [0.2, 0.25) is 0 Å². The van der Waals surface area contributed by atoms with Crippen LogP contribution < -0.4 is 4.72 Å². The maximum Gasteiger partial charge on any atom is 0.240 e. The molecule has 16 heavy (non-hydrogen) atoms. The first kappa shape index (κ1) is 13.2. The third kappa shape index (κ3) is 3.32. The van der Waals surface area contributed by atoms with Crippen molar-refractivity contribution in [1.82, 2.24) is 4.72 Å². The molecule has 1 aromatic rings. The first-order chi connectivity index (χ1) is 7.49. The lowest BCUT2D eigenvalue weighted by Crippen LogP contribution is -2.23. The van der Waals surface area contributed by atoms with E-state index in [4.69, 9.17) is 0 Å². The first-order valence-corrected chi connectivity index (χ1v) is 7.08. The van der Waals surface area contributed by atoms with Gasteiger partial charge in [-0.1, -0.05) is 26.3 Å². The van der Waals surface area contributed by atoms with Gasteiger partial charge in [-0.05, 0) is 36.6 Å². The standard InChI is InChI=1S/C12H19NO2S/c1-4-6-11-7-10(3)8-12(9-11)16(14,15)13-5-2/h7-9,13H,4-6H2,1-3H3. The van der Waals surface area contributed by atoms with Gasteiger partial charge < -0.3 is 0 Å². The van der Waals surface area contributed by atoms with Crippen LogP contribution in [0.3, 0.4) is 0 Å². The number of aryl methyl sites for hydroxylation is 2. The van der Waals surface area contributed by atoms with Crippen molar-refractivity contribution in [2.24, 2.45) is 0 Å². The third-order valence-electron chi connectivity index (χ3n) is 2.29. The fraction of sp³-hybridized carbons (Fsp3) is 0.500. The molecule has 0 radical (unpaired) electrons. The summed E-state index contributed by atoms with van der Waals surface area (Å²) in [4.78, 5) is 0.373. The molecule has 0 spiro atoms. The average molecular weight is 241 g/mol. The average Bonchev–Trinajstić information content (AvgIpc) is 2.17. The molecule has 0 fully saturated rings. The minimum Gasteiger partial charge on any atom is -0.211 e. The molecule has 1 rings (SSSR count). The zero-order valence-electron chi connectivity index (χ0n) is 10.1. The predicted octanol–water partition coefficient (Wildman–Crippen LogP) is 2.25. The zero-order valence-corrected chi connectivity index (χ0v) is 10.9. The second kappa shape index (κ2) is 5.46. The van der Waals surface area contributed by atoms with Crippen LogP contribution in [0.25, 0.3) is 0 Å². The Morgan fingerprint density at radius 1 is 1.19 bits per heavy atom. The lowest BCUT2D eigenvalue weighted by Gasteiger charge is -2.08. The largest absolute Gasteiger partial charge is 0.240 e. The normalized spacial score (nSPS) is 11.7. The Hall–Kier alpha value is -0.870. The molecule has 0 atom stereocenters. The van der Waals surface area contributed by atoms with E-state index in [1.807, 2.05) is 13.0 Å². The molecular formula is C12H19NO2S. The lowest BCUT2D eigenvalue weighted by molar-refractivity contribution is 0.583. The molecule has 0 unspecified atom stereocenters. The Morgan fingerprint density at radius 3 is 2.44 bits per heavy atom. The van der Waals surface area contributed by atoms with E-state index in [0.29, 0.717) is 11.4 Å². The maximum absolute atomic E-state index is 11.8. The van der Waals surface area contributed by atoms with Crippen LogP contribution in [0.4, 0.5) is 0 Å². The van der Waals surface area contributed by atoms with Crippen LogP contribution >= 0.6 is 0 Å². The molecule has 0 aliphatic heterocycles. The molecule has 0 saturated heterocycles. The van der Waals surface area contributed by atoms with E-state index in [2.05, 4.69) is 11.6 Å². The Balaban J connectivity index is 3.14. The summed E-state index contributed by atoms with van der Waals surface area (Å²) in [6.07, 6.45) is 1.93. The van der Waals surface area contributed by atoms with E-state index in [1.54, 1.807) is 19.1 Å². The second-order valence-corrected chi connectivity index (χ2v) is 5.67. The molecule has 90 valence electrons. The topological polar surface area (TPSA) is 46.2 Å². The fourth-order valence-corrected chi connectivity index (χ4v) is 2.88. The van der Waals surface area contributed by atoms with Gasteiger partial charge in [-0.25, -0.2) is 13.1 Å². The van der Waals surface area contributed by atoms with Gasteiger partial charge in [0.25, 0.3) is 0 Å². The molecule has 1 N–H and O–H groups in total. The van der Waals surface area contributed by atoms with Crippen LogP contribution in [-0.4, -0.2) is 15.0 Å². The Labute approximate surface area is 97.9 Å². The van der Waals surface area contributed by atoms with E-state index in [-0.39, 0.29) is 0 Å². The summed E-state index contributed by atoms with van der Waals surface area (Å²) in [6, 6.07) is 5.50. The molecule has 0 bridgehead atoms.